The Morgan fingerprint density at radius 3 is 2.37 bits per heavy atom. The average Bonchev–Trinajstić information content (AvgIpc) is 3.20. The summed E-state index contributed by atoms with van der Waals surface area (Å²) in [7, 11) is 0. The van der Waals surface area contributed by atoms with Gasteiger partial charge in [0.1, 0.15) is 6.10 Å². The number of nitrogens with one attached hydrogen (secondary N) is 1. The molecule has 0 aliphatic heterocycles. The van der Waals surface area contributed by atoms with Crippen LogP contribution >= 0.6 is 0 Å². The van der Waals surface area contributed by atoms with E-state index in [2.05, 4.69) is 32.2 Å². The molecule has 0 heterocycles. The monoisotopic (exact) mass is 530 g/mol. The molecule has 0 saturated heterocycles. The van der Waals surface area contributed by atoms with E-state index in [4.69, 9.17) is 10.5 Å². The first-order valence-corrected chi connectivity index (χ1v) is 15.0. The molecule has 0 aromatic carbocycles. The molecule has 38 heavy (non-hydrogen) atoms. The highest BCUT2D eigenvalue weighted by Crippen LogP contribution is 2.60. The van der Waals surface area contributed by atoms with Gasteiger partial charge in [0.25, 0.3) is 0 Å². The molecule has 0 bridgehead atoms. The van der Waals surface area contributed by atoms with E-state index in [1.54, 1.807) is 0 Å². The van der Waals surface area contributed by atoms with Gasteiger partial charge in [-0.3, -0.25) is 9.59 Å². The number of rotatable bonds is 8. The average molecular weight is 531 g/mol. The molecule has 7 nitrogen and oxygen atoms in total. The van der Waals surface area contributed by atoms with Crippen LogP contribution in [0.1, 0.15) is 85.5 Å². The minimum absolute atomic E-state index is 0.0423. The predicted molar refractivity (Wildman–Crippen MR) is 148 cm³/mol. The second-order valence-corrected chi connectivity index (χ2v) is 12.7. The second kappa shape index (κ2) is 12.6. The molecule has 7 unspecified atom stereocenters. The lowest BCUT2D eigenvalue weighted by Crippen LogP contribution is -2.53. The van der Waals surface area contributed by atoms with Crippen molar-refractivity contribution in [1.29, 1.82) is 0 Å². The van der Waals surface area contributed by atoms with Gasteiger partial charge in [-0.2, -0.15) is 0 Å². The Labute approximate surface area is 228 Å². The van der Waals surface area contributed by atoms with E-state index in [1.165, 1.54) is 12.5 Å². The molecular weight excluding hydrogens is 480 g/mol. The number of hydrogen-bond acceptors (Lipinski definition) is 6. The molecule has 0 aromatic rings. The third-order valence-electron chi connectivity index (χ3n) is 10.2. The number of carbonyl (C=O) groups is 2. The van der Waals surface area contributed by atoms with Crippen LogP contribution in [0.3, 0.4) is 0 Å². The Morgan fingerprint density at radius 1 is 1.00 bits per heavy atom. The fraction of sp³-hybridized carbons (Fsp3) is 0.806. The molecule has 0 aromatic heterocycles. The van der Waals surface area contributed by atoms with E-state index in [0.717, 1.165) is 49.7 Å². The maximum Gasteiger partial charge on any atom is 0.303 e. The lowest BCUT2D eigenvalue weighted by atomic mass is 9.51. The van der Waals surface area contributed by atoms with Crippen molar-refractivity contribution in [3.05, 3.63) is 22.8 Å². The Balaban J connectivity index is 1.68. The van der Waals surface area contributed by atoms with Crippen LogP contribution in [0.15, 0.2) is 22.8 Å². The van der Waals surface area contributed by atoms with Crippen molar-refractivity contribution in [2.24, 2.45) is 47.2 Å². The number of ether oxygens (including phenoxy) is 1. The predicted octanol–water partition coefficient (Wildman–Crippen LogP) is 3.88. The van der Waals surface area contributed by atoms with Crippen LogP contribution in [0.2, 0.25) is 0 Å². The molecule has 10 atom stereocenters. The summed E-state index contributed by atoms with van der Waals surface area (Å²) in [6.07, 6.45) is 8.30. The summed E-state index contributed by atoms with van der Waals surface area (Å²) >= 11 is 0. The van der Waals surface area contributed by atoms with Crippen molar-refractivity contribution >= 4 is 11.9 Å². The molecule has 4 aliphatic rings. The number of nitrogens with two attached hydrogens (primary N) is 1. The van der Waals surface area contributed by atoms with Crippen LogP contribution in [0, 0.1) is 41.4 Å². The van der Waals surface area contributed by atoms with Crippen molar-refractivity contribution in [3.63, 3.8) is 0 Å². The molecule has 4 saturated carbocycles. The molecule has 4 fully saturated rings. The van der Waals surface area contributed by atoms with Gasteiger partial charge in [0.05, 0.1) is 12.2 Å². The van der Waals surface area contributed by atoms with Crippen LogP contribution < -0.4 is 11.1 Å². The van der Waals surface area contributed by atoms with E-state index in [9.17, 15) is 19.8 Å². The lowest BCUT2D eigenvalue weighted by molar-refractivity contribution is -0.145. The largest absolute Gasteiger partial charge is 0.458 e. The first-order chi connectivity index (χ1) is 18.1. The highest BCUT2D eigenvalue weighted by Gasteiger charge is 2.57. The fourth-order valence-electron chi connectivity index (χ4n) is 8.67. The van der Waals surface area contributed by atoms with Gasteiger partial charge in [0.2, 0.25) is 5.91 Å². The van der Waals surface area contributed by atoms with E-state index >= 15 is 0 Å². The summed E-state index contributed by atoms with van der Waals surface area (Å²) in [6.45, 7) is 8.76. The van der Waals surface area contributed by atoms with Gasteiger partial charge in [-0.1, -0.05) is 18.6 Å². The minimum Gasteiger partial charge on any atom is -0.458 e. The van der Waals surface area contributed by atoms with Crippen molar-refractivity contribution in [2.75, 3.05) is 13.1 Å². The number of aliphatic hydroxyl groups is 2. The molecule has 4 rings (SSSR count). The zero-order valence-corrected chi connectivity index (χ0v) is 23.8. The van der Waals surface area contributed by atoms with Crippen molar-refractivity contribution in [1.82, 2.24) is 5.32 Å². The highest BCUT2D eigenvalue weighted by atomic mass is 16.5. The van der Waals surface area contributed by atoms with Crippen LogP contribution in [0.25, 0.3) is 0 Å². The summed E-state index contributed by atoms with van der Waals surface area (Å²) in [5.41, 5.74) is 8.54. The maximum atomic E-state index is 13.5. The van der Waals surface area contributed by atoms with Crippen molar-refractivity contribution < 1.29 is 24.5 Å². The molecule has 1 amide bonds. The van der Waals surface area contributed by atoms with Gasteiger partial charge in [-0.05, 0) is 125 Å². The number of allylic oxidation sites excluding steroid dienone is 2. The number of esters is 1. The molecule has 4 aliphatic carbocycles. The third-order valence-corrected chi connectivity index (χ3v) is 10.2. The molecule has 0 spiro atoms. The topological polar surface area (TPSA) is 122 Å². The molecule has 214 valence electrons. The zero-order valence-electron chi connectivity index (χ0n) is 23.8. The summed E-state index contributed by atoms with van der Waals surface area (Å²) < 4.78 is 5.93. The Bertz CT molecular complexity index is 925. The Kier molecular flexibility index (Phi) is 9.75. The summed E-state index contributed by atoms with van der Waals surface area (Å²) in [5, 5.41) is 25.2. The Hall–Kier alpha value is -1.70. The third kappa shape index (κ3) is 6.05. The highest BCUT2D eigenvalue weighted by molar-refractivity contribution is 5.94. The van der Waals surface area contributed by atoms with Gasteiger partial charge >= 0.3 is 5.97 Å². The summed E-state index contributed by atoms with van der Waals surface area (Å²) in [6, 6.07) is 0. The molecule has 7 heteroatoms. The van der Waals surface area contributed by atoms with Crippen LogP contribution in [0.4, 0.5) is 0 Å². The SMILES string of the molecule is CC(=O)OC1CC2C(C[C@@H](O)C3C2CCC2C3CC[C@@H](O)[C@H]2C)/C1=C(\CCC=C(C)C)C(=O)NCCCN. The number of aliphatic hydroxyl groups excluding tert-OH is 2. The quantitative estimate of drug-likeness (QED) is 0.164. The summed E-state index contributed by atoms with van der Waals surface area (Å²) in [4.78, 5) is 25.8. The van der Waals surface area contributed by atoms with Crippen molar-refractivity contribution in [3.8, 4) is 0 Å². The van der Waals surface area contributed by atoms with Crippen LogP contribution in [-0.2, 0) is 14.3 Å². The number of amides is 1. The van der Waals surface area contributed by atoms with E-state index in [0.29, 0.717) is 56.0 Å². The van der Waals surface area contributed by atoms with Gasteiger partial charge in [-0.25, -0.2) is 0 Å². The first kappa shape index (κ1) is 29.3. The van der Waals surface area contributed by atoms with Gasteiger partial charge in [0.15, 0.2) is 0 Å². The normalized spacial score (nSPS) is 39.3. The number of fused-ring (bicyclic) bond motifs is 5. The van der Waals surface area contributed by atoms with Gasteiger partial charge < -0.3 is 26.0 Å². The van der Waals surface area contributed by atoms with Crippen LogP contribution in [0.5, 0.6) is 0 Å². The van der Waals surface area contributed by atoms with E-state index in [1.807, 2.05) is 0 Å². The smallest absolute Gasteiger partial charge is 0.303 e. The second-order valence-electron chi connectivity index (χ2n) is 12.7. The lowest BCUT2D eigenvalue weighted by Gasteiger charge is -2.55. The van der Waals surface area contributed by atoms with Gasteiger partial charge in [0, 0.05) is 19.0 Å². The number of carbonyl (C=O) groups excluding carboxylic acids is 2. The minimum atomic E-state index is -0.443. The standard InChI is InChI=1S/C31H50N2O5/c1-17(2)7-5-8-23(31(37)33-14-6-13-32)30-25-15-27(36)29-21-11-12-26(35)18(3)20(21)9-10-22(29)24(25)16-28(30)38-19(4)34/h7,18,20-22,24-29,35-36H,5-6,8-16,32H2,1-4H3,(H,33,37)/b30-23-/t18-,20?,21?,22?,24?,25?,26+,27+,28?,29?/m0/s1. The number of hydrogen-bond donors (Lipinski definition) is 4. The summed E-state index contributed by atoms with van der Waals surface area (Å²) in [5.74, 6) is 1.64. The van der Waals surface area contributed by atoms with E-state index < -0.39 is 12.2 Å². The van der Waals surface area contributed by atoms with Gasteiger partial charge in [-0.15, -0.1) is 0 Å². The fourth-order valence-corrected chi connectivity index (χ4v) is 8.67. The Morgan fingerprint density at radius 2 is 1.68 bits per heavy atom. The van der Waals surface area contributed by atoms with Crippen LogP contribution in [-0.4, -0.2) is 53.5 Å². The van der Waals surface area contributed by atoms with Crippen molar-refractivity contribution in [2.45, 2.75) is 104 Å². The first-order valence-electron chi connectivity index (χ1n) is 15.0. The maximum absolute atomic E-state index is 13.5. The zero-order chi connectivity index (χ0) is 27.6. The molecule has 5 N–H and O–H groups in total. The molecular formula is C31H50N2O5. The molecule has 0 radical (unpaired) electrons. The van der Waals surface area contributed by atoms with E-state index in [-0.39, 0.29) is 35.7 Å².